The number of fused-ring (bicyclic) bond motifs is 1. The summed E-state index contributed by atoms with van der Waals surface area (Å²) in [5.74, 6) is 0.474. The van der Waals surface area contributed by atoms with Crippen molar-refractivity contribution in [3.8, 4) is 17.0 Å². The van der Waals surface area contributed by atoms with E-state index in [1.807, 2.05) is 35.7 Å². The van der Waals surface area contributed by atoms with E-state index in [2.05, 4.69) is 9.97 Å². The summed E-state index contributed by atoms with van der Waals surface area (Å²) in [4.78, 5) is 19.9. The van der Waals surface area contributed by atoms with Gasteiger partial charge in [-0.3, -0.25) is 10.1 Å². The van der Waals surface area contributed by atoms with Crippen molar-refractivity contribution < 1.29 is 9.66 Å². The molecule has 0 amide bonds. The molecule has 2 heterocycles. The standard InChI is InChI=1S/C19H13N3O3S/c23-22(24)15-8-4-5-13(9-15)10-25-18-17-16(14-6-2-1-3-7-14)11-26-19(17)21-12-20-18/h1-9,11-12H,10H2. The molecule has 0 radical (unpaired) electrons. The van der Waals surface area contributed by atoms with Gasteiger partial charge in [0.15, 0.2) is 0 Å². The lowest BCUT2D eigenvalue weighted by molar-refractivity contribution is -0.384. The van der Waals surface area contributed by atoms with Crippen molar-refractivity contribution in [3.63, 3.8) is 0 Å². The molecule has 0 aliphatic carbocycles. The Bertz CT molecular complexity index is 1080. The van der Waals surface area contributed by atoms with Crippen LogP contribution in [0.2, 0.25) is 0 Å². The van der Waals surface area contributed by atoms with Gasteiger partial charge in [0, 0.05) is 23.1 Å². The summed E-state index contributed by atoms with van der Waals surface area (Å²) in [6, 6.07) is 16.4. The Hall–Kier alpha value is -3.32. The van der Waals surface area contributed by atoms with Gasteiger partial charge in [-0.15, -0.1) is 11.3 Å². The highest BCUT2D eigenvalue weighted by Crippen LogP contribution is 2.37. The topological polar surface area (TPSA) is 78.2 Å². The third-order valence-electron chi connectivity index (χ3n) is 3.92. The van der Waals surface area contributed by atoms with Crippen LogP contribution < -0.4 is 4.74 Å². The van der Waals surface area contributed by atoms with Crippen LogP contribution in [-0.2, 0) is 6.61 Å². The molecule has 0 spiro atoms. The smallest absolute Gasteiger partial charge is 0.269 e. The minimum Gasteiger partial charge on any atom is -0.472 e. The molecule has 0 fully saturated rings. The van der Waals surface area contributed by atoms with Crippen molar-refractivity contribution in [1.29, 1.82) is 0 Å². The van der Waals surface area contributed by atoms with Gasteiger partial charge in [-0.25, -0.2) is 9.97 Å². The molecule has 4 aromatic rings. The molecule has 128 valence electrons. The van der Waals surface area contributed by atoms with Crippen molar-refractivity contribution in [1.82, 2.24) is 9.97 Å². The molecule has 7 heteroatoms. The monoisotopic (exact) mass is 363 g/mol. The van der Waals surface area contributed by atoms with Crippen LogP contribution in [0, 0.1) is 10.1 Å². The lowest BCUT2D eigenvalue weighted by Gasteiger charge is -2.08. The number of hydrogen-bond acceptors (Lipinski definition) is 6. The Morgan fingerprint density at radius 2 is 1.92 bits per heavy atom. The molecule has 2 aromatic carbocycles. The van der Waals surface area contributed by atoms with Gasteiger partial charge in [0.2, 0.25) is 5.88 Å². The zero-order chi connectivity index (χ0) is 17.9. The van der Waals surface area contributed by atoms with Crippen molar-refractivity contribution >= 4 is 27.2 Å². The van der Waals surface area contributed by atoms with Crippen LogP contribution in [0.1, 0.15) is 5.56 Å². The van der Waals surface area contributed by atoms with Crippen LogP contribution in [0.25, 0.3) is 21.3 Å². The minimum absolute atomic E-state index is 0.0412. The molecule has 6 nitrogen and oxygen atoms in total. The van der Waals surface area contributed by atoms with E-state index >= 15 is 0 Å². The summed E-state index contributed by atoms with van der Waals surface area (Å²) in [6.07, 6.45) is 1.47. The van der Waals surface area contributed by atoms with Crippen molar-refractivity contribution in [3.05, 3.63) is 82.0 Å². The summed E-state index contributed by atoms with van der Waals surface area (Å²) in [6.45, 7) is 0.192. The maximum absolute atomic E-state index is 10.9. The van der Waals surface area contributed by atoms with Gasteiger partial charge >= 0.3 is 0 Å². The number of thiophene rings is 1. The van der Waals surface area contributed by atoms with Crippen molar-refractivity contribution in [2.45, 2.75) is 6.61 Å². The van der Waals surface area contributed by atoms with Crippen LogP contribution in [-0.4, -0.2) is 14.9 Å². The van der Waals surface area contributed by atoms with E-state index in [1.54, 1.807) is 12.1 Å². The van der Waals surface area contributed by atoms with E-state index < -0.39 is 4.92 Å². The van der Waals surface area contributed by atoms with Gasteiger partial charge in [0.25, 0.3) is 5.69 Å². The number of ether oxygens (including phenoxy) is 1. The van der Waals surface area contributed by atoms with Gasteiger partial charge in [0.05, 0.1) is 10.3 Å². The normalized spacial score (nSPS) is 10.8. The molecule has 26 heavy (non-hydrogen) atoms. The number of non-ortho nitro benzene ring substituents is 1. The first kappa shape index (κ1) is 16.2. The number of rotatable bonds is 5. The van der Waals surface area contributed by atoms with Gasteiger partial charge in [0.1, 0.15) is 17.8 Å². The number of nitro groups is 1. The fourth-order valence-corrected chi connectivity index (χ4v) is 3.61. The summed E-state index contributed by atoms with van der Waals surface area (Å²) >= 11 is 1.53. The average Bonchev–Trinajstić information content (AvgIpc) is 3.12. The lowest BCUT2D eigenvalue weighted by atomic mass is 10.1. The van der Waals surface area contributed by atoms with Crippen molar-refractivity contribution in [2.75, 3.05) is 0 Å². The van der Waals surface area contributed by atoms with Crippen LogP contribution >= 0.6 is 11.3 Å². The molecule has 0 N–H and O–H groups in total. The second-order valence-corrected chi connectivity index (χ2v) is 6.45. The Labute approximate surface area is 152 Å². The number of nitrogens with zero attached hydrogens (tertiary/aromatic N) is 3. The predicted molar refractivity (Wildman–Crippen MR) is 100 cm³/mol. The third kappa shape index (κ3) is 3.12. The Kier molecular flexibility index (Phi) is 4.28. The van der Waals surface area contributed by atoms with E-state index in [9.17, 15) is 10.1 Å². The van der Waals surface area contributed by atoms with Gasteiger partial charge in [-0.05, 0) is 11.1 Å². The Morgan fingerprint density at radius 1 is 1.08 bits per heavy atom. The molecule has 0 aliphatic heterocycles. The zero-order valence-corrected chi connectivity index (χ0v) is 14.3. The fourth-order valence-electron chi connectivity index (χ4n) is 2.70. The Morgan fingerprint density at radius 3 is 2.73 bits per heavy atom. The average molecular weight is 363 g/mol. The first-order chi connectivity index (χ1) is 12.7. The highest BCUT2D eigenvalue weighted by molar-refractivity contribution is 7.17. The first-order valence-electron chi connectivity index (χ1n) is 7.86. The van der Waals surface area contributed by atoms with Gasteiger partial charge in [-0.2, -0.15) is 0 Å². The summed E-state index contributed by atoms with van der Waals surface area (Å²) in [5.41, 5.74) is 2.83. The third-order valence-corrected chi connectivity index (χ3v) is 4.80. The highest BCUT2D eigenvalue weighted by Gasteiger charge is 2.14. The number of nitro benzene ring substituents is 1. The molecule has 0 atom stereocenters. The zero-order valence-electron chi connectivity index (χ0n) is 13.5. The summed E-state index contributed by atoms with van der Waals surface area (Å²) in [7, 11) is 0. The first-order valence-corrected chi connectivity index (χ1v) is 8.74. The molecule has 2 aromatic heterocycles. The SMILES string of the molecule is O=[N+]([O-])c1cccc(COc2ncnc3scc(-c4ccccc4)c23)c1. The van der Waals surface area contributed by atoms with Gasteiger partial charge in [-0.1, -0.05) is 42.5 Å². The summed E-state index contributed by atoms with van der Waals surface area (Å²) in [5, 5.41) is 13.8. The van der Waals surface area contributed by atoms with Gasteiger partial charge < -0.3 is 4.74 Å². The summed E-state index contributed by atoms with van der Waals surface area (Å²) < 4.78 is 5.89. The van der Waals surface area contributed by atoms with E-state index in [-0.39, 0.29) is 12.3 Å². The Balaban J connectivity index is 1.68. The highest BCUT2D eigenvalue weighted by atomic mass is 32.1. The largest absolute Gasteiger partial charge is 0.472 e. The van der Waals surface area contributed by atoms with Crippen LogP contribution in [0.3, 0.4) is 0 Å². The molecule has 0 saturated carbocycles. The van der Waals surface area contributed by atoms with E-state index in [0.29, 0.717) is 11.4 Å². The van der Waals surface area contributed by atoms with E-state index in [4.69, 9.17) is 4.74 Å². The maximum atomic E-state index is 10.9. The number of benzene rings is 2. The van der Waals surface area contributed by atoms with Crippen LogP contribution in [0.5, 0.6) is 5.88 Å². The molecule has 4 rings (SSSR count). The molecule has 0 saturated heterocycles. The fraction of sp³-hybridized carbons (Fsp3) is 0.0526. The van der Waals surface area contributed by atoms with Crippen LogP contribution in [0.4, 0.5) is 5.69 Å². The lowest BCUT2D eigenvalue weighted by Crippen LogP contribution is -1.99. The molecular weight excluding hydrogens is 350 g/mol. The second kappa shape index (κ2) is 6.89. The quantitative estimate of drug-likeness (QED) is 0.374. The maximum Gasteiger partial charge on any atom is 0.269 e. The molecule has 0 bridgehead atoms. The van der Waals surface area contributed by atoms with E-state index in [0.717, 1.165) is 21.3 Å². The molecule has 0 unspecified atom stereocenters. The predicted octanol–water partition coefficient (Wildman–Crippen LogP) is 4.85. The number of aromatic nitrogens is 2. The van der Waals surface area contributed by atoms with E-state index in [1.165, 1.54) is 29.8 Å². The minimum atomic E-state index is -0.418. The second-order valence-electron chi connectivity index (χ2n) is 5.59. The van der Waals surface area contributed by atoms with Crippen molar-refractivity contribution in [2.24, 2.45) is 0 Å². The molecule has 0 aliphatic rings. The molecular formula is C19H13N3O3S. The van der Waals surface area contributed by atoms with Crippen LogP contribution in [0.15, 0.2) is 66.3 Å². The number of hydrogen-bond donors (Lipinski definition) is 0.